The molecule has 0 aliphatic rings. The van der Waals surface area contributed by atoms with Gasteiger partial charge < -0.3 is 10.3 Å². The van der Waals surface area contributed by atoms with Gasteiger partial charge in [-0.15, -0.1) is 0 Å². The molecule has 0 spiro atoms. The lowest BCUT2D eigenvalue weighted by atomic mass is 10.2. The zero-order valence-corrected chi connectivity index (χ0v) is 7.88. The standard InChI is InChI=1S/C11H8N2O2/c12-13-9-11(14)15-8-4-7-10-5-2-1-3-6-10/h1-3,5-6,9H,8H2. The Balaban J connectivity index is 2.41. The first-order chi connectivity index (χ1) is 7.33. The number of carbonyl (C=O) groups excluding carboxylic acids is 1. The molecular weight excluding hydrogens is 192 g/mol. The van der Waals surface area contributed by atoms with Crippen molar-refractivity contribution in [3.63, 3.8) is 0 Å². The van der Waals surface area contributed by atoms with Crippen molar-refractivity contribution in [3.8, 4) is 11.8 Å². The SMILES string of the molecule is [N-]=[N+]=CC(=O)OCC#Cc1ccccc1. The molecule has 0 saturated carbocycles. The van der Waals surface area contributed by atoms with Gasteiger partial charge in [0.15, 0.2) is 6.61 Å². The Kier molecular flexibility index (Phi) is 4.38. The van der Waals surface area contributed by atoms with E-state index in [2.05, 4.69) is 21.4 Å². The molecule has 0 N–H and O–H groups in total. The summed E-state index contributed by atoms with van der Waals surface area (Å²) >= 11 is 0. The molecule has 0 aliphatic heterocycles. The molecule has 15 heavy (non-hydrogen) atoms. The second-order valence-electron chi connectivity index (χ2n) is 2.52. The summed E-state index contributed by atoms with van der Waals surface area (Å²) in [4.78, 5) is 13.2. The van der Waals surface area contributed by atoms with Crippen molar-refractivity contribution in [1.29, 1.82) is 0 Å². The van der Waals surface area contributed by atoms with Gasteiger partial charge in [-0.3, -0.25) is 0 Å². The molecule has 74 valence electrons. The van der Waals surface area contributed by atoms with Crippen molar-refractivity contribution in [2.45, 2.75) is 0 Å². The van der Waals surface area contributed by atoms with Crippen molar-refractivity contribution >= 4 is 12.2 Å². The molecule has 0 heterocycles. The Morgan fingerprint density at radius 3 is 2.87 bits per heavy atom. The maximum absolute atomic E-state index is 10.7. The highest BCUT2D eigenvalue weighted by Crippen LogP contribution is 1.94. The summed E-state index contributed by atoms with van der Waals surface area (Å²) in [6, 6.07) is 9.33. The van der Waals surface area contributed by atoms with Gasteiger partial charge in [-0.05, 0) is 12.1 Å². The summed E-state index contributed by atoms with van der Waals surface area (Å²) in [7, 11) is 0. The first kappa shape index (κ1) is 10.7. The van der Waals surface area contributed by atoms with Crippen LogP contribution in [0, 0.1) is 11.8 Å². The van der Waals surface area contributed by atoms with Crippen LogP contribution in [0.15, 0.2) is 30.3 Å². The van der Waals surface area contributed by atoms with E-state index in [1.807, 2.05) is 30.3 Å². The molecule has 0 aromatic heterocycles. The van der Waals surface area contributed by atoms with Crippen molar-refractivity contribution in [2.24, 2.45) is 0 Å². The lowest BCUT2D eigenvalue weighted by Gasteiger charge is -1.89. The van der Waals surface area contributed by atoms with Crippen LogP contribution in [0.25, 0.3) is 5.53 Å². The van der Waals surface area contributed by atoms with Crippen LogP contribution in [0.5, 0.6) is 0 Å². The van der Waals surface area contributed by atoms with Gasteiger partial charge >= 0.3 is 12.2 Å². The van der Waals surface area contributed by atoms with Gasteiger partial charge in [0.2, 0.25) is 0 Å². The molecule has 1 aromatic rings. The van der Waals surface area contributed by atoms with Crippen LogP contribution in [-0.2, 0) is 9.53 Å². The first-order valence-corrected chi connectivity index (χ1v) is 4.21. The molecule has 0 bridgehead atoms. The Morgan fingerprint density at radius 1 is 1.47 bits per heavy atom. The molecule has 0 radical (unpaired) electrons. The Bertz CT molecular complexity index is 437. The van der Waals surface area contributed by atoms with Gasteiger partial charge in [-0.2, -0.15) is 4.79 Å². The fraction of sp³-hybridized carbons (Fsp3) is 0.0909. The minimum Gasteiger partial charge on any atom is -0.444 e. The van der Waals surface area contributed by atoms with Crippen LogP contribution in [-0.4, -0.2) is 23.6 Å². The number of nitrogens with zero attached hydrogens (tertiary/aromatic N) is 2. The number of hydrogen-bond donors (Lipinski definition) is 0. The fourth-order valence-electron chi connectivity index (χ4n) is 0.851. The van der Waals surface area contributed by atoms with Crippen molar-refractivity contribution < 1.29 is 14.3 Å². The minimum absolute atomic E-state index is 0.0280. The topological polar surface area (TPSA) is 62.7 Å². The highest BCUT2D eigenvalue weighted by Gasteiger charge is 1.99. The Hall–Kier alpha value is -2.37. The number of ether oxygens (including phenoxy) is 1. The highest BCUT2D eigenvalue weighted by molar-refractivity contribution is 6.20. The van der Waals surface area contributed by atoms with Gasteiger partial charge in [-0.25, -0.2) is 4.79 Å². The van der Waals surface area contributed by atoms with E-state index >= 15 is 0 Å². The normalized spacial score (nSPS) is 8.00. The molecule has 4 heteroatoms. The predicted molar refractivity (Wildman–Crippen MR) is 54.0 cm³/mol. The number of hydrogen-bond acceptors (Lipinski definition) is 2. The average molecular weight is 200 g/mol. The second-order valence-corrected chi connectivity index (χ2v) is 2.52. The van der Waals surface area contributed by atoms with Crippen LogP contribution >= 0.6 is 0 Å². The molecule has 1 rings (SSSR count). The van der Waals surface area contributed by atoms with Crippen LogP contribution in [0.1, 0.15) is 5.56 Å². The molecule has 1 aromatic carbocycles. The number of rotatable bonds is 2. The van der Waals surface area contributed by atoms with E-state index in [0.717, 1.165) is 5.56 Å². The Labute approximate surface area is 87.1 Å². The zero-order valence-electron chi connectivity index (χ0n) is 7.88. The summed E-state index contributed by atoms with van der Waals surface area (Å²) < 4.78 is 4.58. The number of benzene rings is 1. The third kappa shape index (κ3) is 4.41. The van der Waals surface area contributed by atoms with E-state index in [1.165, 1.54) is 0 Å². The summed E-state index contributed by atoms with van der Waals surface area (Å²) in [5.74, 6) is 4.74. The molecule has 0 atom stereocenters. The van der Waals surface area contributed by atoms with E-state index in [9.17, 15) is 4.79 Å². The highest BCUT2D eigenvalue weighted by atomic mass is 16.5. The quantitative estimate of drug-likeness (QED) is 0.234. The summed E-state index contributed by atoms with van der Waals surface area (Å²) in [5, 5.41) is 0. The van der Waals surface area contributed by atoms with Crippen LogP contribution < -0.4 is 0 Å². The molecular formula is C11H8N2O2. The van der Waals surface area contributed by atoms with Gasteiger partial charge in [0.25, 0.3) is 0 Å². The molecule has 0 fully saturated rings. The maximum Gasteiger partial charge on any atom is 0.414 e. The Morgan fingerprint density at radius 2 is 2.20 bits per heavy atom. The van der Waals surface area contributed by atoms with Crippen LogP contribution in [0.4, 0.5) is 0 Å². The number of carbonyl (C=O) groups is 1. The third-order valence-electron chi connectivity index (χ3n) is 1.46. The molecule has 4 nitrogen and oxygen atoms in total. The second kappa shape index (κ2) is 6.14. The van der Waals surface area contributed by atoms with Gasteiger partial charge in [0.05, 0.1) is 0 Å². The van der Waals surface area contributed by atoms with E-state index in [-0.39, 0.29) is 6.61 Å². The lowest BCUT2D eigenvalue weighted by Crippen LogP contribution is -2.05. The summed E-state index contributed by atoms with van der Waals surface area (Å²) in [6.07, 6.45) is 0.671. The summed E-state index contributed by atoms with van der Waals surface area (Å²) in [6.45, 7) is -0.0280. The van der Waals surface area contributed by atoms with Crippen LogP contribution in [0.2, 0.25) is 0 Å². The molecule has 0 amide bonds. The van der Waals surface area contributed by atoms with Gasteiger partial charge in [-0.1, -0.05) is 30.0 Å². The average Bonchev–Trinajstić information content (AvgIpc) is 2.26. The van der Waals surface area contributed by atoms with Crippen molar-refractivity contribution in [2.75, 3.05) is 6.61 Å². The van der Waals surface area contributed by atoms with Crippen molar-refractivity contribution in [1.82, 2.24) is 0 Å². The number of esters is 1. The third-order valence-corrected chi connectivity index (χ3v) is 1.46. The minimum atomic E-state index is -0.722. The smallest absolute Gasteiger partial charge is 0.414 e. The van der Waals surface area contributed by atoms with E-state index < -0.39 is 5.97 Å². The monoisotopic (exact) mass is 200 g/mol. The molecule has 0 aliphatic carbocycles. The van der Waals surface area contributed by atoms with Crippen LogP contribution in [0.3, 0.4) is 0 Å². The summed E-state index contributed by atoms with van der Waals surface area (Å²) in [5.41, 5.74) is 8.86. The largest absolute Gasteiger partial charge is 0.444 e. The zero-order chi connectivity index (χ0) is 10.9. The van der Waals surface area contributed by atoms with Crippen molar-refractivity contribution in [3.05, 3.63) is 41.4 Å². The van der Waals surface area contributed by atoms with Gasteiger partial charge in [0.1, 0.15) is 0 Å². The molecule has 0 saturated heterocycles. The first-order valence-electron chi connectivity index (χ1n) is 4.21. The predicted octanol–water partition coefficient (Wildman–Crippen LogP) is 0.882. The lowest BCUT2D eigenvalue weighted by molar-refractivity contribution is -0.137. The van der Waals surface area contributed by atoms with E-state index in [4.69, 9.17) is 5.53 Å². The van der Waals surface area contributed by atoms with E-state index in [0.29, 0.717) is 6.21 Å². The maximum atomic E-state index is 10.7. The molecule has 0 unspecified atom stereocenters. The van der Waals surface area contributed by atoms with E-state index in [1.54, 1.807) is 0 Å². The van der Waals surface area contributed by atoms with Gasteiger partial charge in [0, 0.05) is 5.56 Å². The fourth-order valence-corrected chi connectivity index (χ4v) is 0.851.